The predicted octanol–water partition coefficient (Wildman–Crippen LogP) is 11.4. The zero-order valence-corrected chi connectivity index (χ0v) is 26.8. The molecule has 0 amide bonds. The van der Waals surface area contributed by atoms with Gasteiger partial charge in [0, 0.05) is 16.7 Å². The van der Waals surface area contributed by atoms with Gasteiger partial charge in [0.1, 0.15) is 0 Å². The molecule has 0 bridgehead atoms. The molecule has 0 aliphatic heterocycles. The van der Waals surface area contributed by atoms with E-state index >= 15 is 0 Å². The van der Waals surface area contributed by atoms with Crippen LogP contribution in [0.2, 0.25) is 0 Å². The molecule has 1 heterocycles. The van der Waals surface area contributed by atoms with E-state index in [2.05, 4.69) is 115 Å². The zero-order valence-electron chi connectivity index (χ0n) is 26.8. The molecule has 3 heteroatoms. The third kappa shape index (κ3) is 5.42. The van der Waals surface area contributed by atoms with E-state index in [9.17, 15) is 0 Å². The molecule has 230 valence electrons. The standard InChI is InChI=1S/C46H31N3/c1-5-15-31(16-6-1)37-28-40(32-17-7-2-8-18-32)43-30-42-38(25-14-26-39(42)41(43)29-37)35-23-13-24-36(27-35)46-48-44(33-19-9-3-10-20-33)47-45(49-46)34-21-11-4-12-22-34/h1-29H,30H2. The Morgan fingerprint density at radius 2 is 0.694 bits per heavy atom. The van der Waals surface area contributed by atoms with E-state index in [1.165, 1.54) is 50.1 Å². The van der Waals surface area contributed by atoms with Gasteiger partial charge in [0.25, 0.3) is 0 Å². The summed E-state index contributed by atoms with van der Waals surface area (Å²) in [5.74, 6) is 1.98. The van der Waals surface area contributed by atoms with Crippen molar-refractivity contribution >= 4 is 0 Å². The van der Waals surface area contributed by atoms with Gasteiger partial charge in [-0.05, 0) is 80.3 Å². The van der Waals surface area contributed by atoms with Gasteiger partial charge in [0.05, 0.1) is 0 Å². The monoisotopic (exact) mass is 625 g/mol. The first-order chi connectivity index (χ1) is 24.3. The molecular weight excluding hydrogens is 595 g/mol. The maximum atomic E-state index is 5.00. The second kappa shape index (κ2) is 12.3. The maximum Gasteiger partial charge on any atom is 0.164 e. The first-order valence-corrected chi connectivity index (χ1v) is 16.7. The Kier molecular flexibility index (Phi) is 7.21. The Hall–Kier alpha value is -6.45. The Labute approximate surface area is 286 Å². The number of hydrogen-bond acceptors (Lipinski definition) is 3. The van der Waals surface area contributed by atoms with Crippen LogP contribution >= 0.6 is 0 Å². The Morgan fingerprint density at radius 1 is 0.265 bits per heavy atom. The highest BCUT2D eigenvalue weighted by Gasteiger charge is 2.26. The van der Waals surface area contributed by atoms with Crippen LogP contribution in [0.15, 0.2) is 176 Å². The lowest BCUT2D eigenvalue weighted by atomic mass is 9.91. The van der Waals surface area contributed by atoms with E-state index in [0.717, 1.165) is 28.7 Å². The van der Waals surface area contributed by atoms with Crippen LogP contribution in [0.3, 0.4) is 0 Å². The molecule has 0 radical (unpaired) electrons. The average molecular weight is 626 g/mol. The Bertz CT molecular complexity index is 2380. The van der Waals surface area contributed by atoms with E-state index in [4.69, 9.17) is 15.0 Å². The summed E-state index contributed by atoms with van der Waals surface area (Å²) >= 11 is 0. The highest BCUT2D eigenvalue weighted by molar-refractivity contribution is 5.93. The van der Waals surface area contributed by atoms with Gasteiger partial charge in [0.2, 0.25) is 0 Å². The lowest BCUT2D eigenvalue weighted by Crippen LogP contribution is -2.00. The first-order valence-electron chi connectivity index (χ1n) is 16.7. The molecule has 1 aliphatic carbocycles. The molecule has 0 fully saturated rings. The van der Waals surface area contributed by atoms with Crippen molar-refractivity contribution in [1.82, 2.24) is 15.0 Å². The van der Waals surface area contributed by atoms with Crippen molar-refractivity contribution in [2.75, 3.05) is 0 Å². The molecule has 0 saturated carbocycles. The first kappa shape index (κ1) is 28.7. The number of nitrogens with zero attached hydrogens (tertiary/aromatic N) is 3. The number of hydrogen-bond donors (Lipinski definition) is 0. The molecule has 1 aromatic heterocycles. The van der Waals surface area contributed by atoms with Gasteiger partial charge in [-0.1, -0.05) is 158 Å². The summed E-state index contributed by atoms with van der Waals surface area (Å²) < 4.78 is 0. The van der Waals surface area contributed by atoms with Crippen LogP contribution in [-0.4, -0.2) is 15.0 Å². The normalized spacial score (nSPS) is 11.6. The molecule has 3 nitrogen and oxygen atoms in total. The second-order valence-electron chi connectivity index (χ2n) is 12.4. The van der Waals surface area contributed by atoms with E-state index in [1.807, 2.05) is 60.7 Å². The lowest BCUT2D eigenvalue weighted by Gasteiger charge is -2.13. The SMILES string of the molecule is c1ccc(-c2cc(-c3ccccc3)c3c(c2)-c2cccc(-c4cccc(-c5nc(-c6ccccc6)nc(-c6ccccc6)n5)c4)c2C3)cc1. The quantitative estimate of drug-likeness (QED) is 0.185. The average Bonchev–Trinajstić information content (AvgIpc) is 3.58. The van der Waals surface area contributed by atoms with Gasteiger partial charge in [-0.2, -0.15) is 0 Å². The van der Waals surface area contributed by atoms with Gasteiger partial charge in [-0.3, -0.25) is 0 Å². The minimum absolute atomic E-state index is 0.657. The van der Waals surface area contributed by atoms with Crippen molar-refractivity contribution in [3.63, 3.8) is 0 Å². The molecule has 0 N–H and O–H groups in total. The van der Waals surface area contributed by atoms with E-state index in [0.29, 0.717) is 17.5 Å². The molecule has 0 spiro atoms. The molecular formula is C46H31N3. The number of rotatable bonds is 6. The molecule has 8 aromatic rings. The van der Waals surface area contributed by atoms with Crippen LogP contribution in [0.25, 0.3) is 78.7 Å². The molecule has 9 rings (SSSR count). The zero-order chi connectivity index (χ0) is 32.6. The van der Waals surface area contributed by atoms with Crippen molar-refractivity contribution in [1.29, 1.82) is 0 Å². The van der Waals surface area contributed by atoms with Gasteiger partial charge < -0.3 is 0 Å². The van der Waals surface area contributed by atoms with Crippen LogP contribution in [0.1, 0.15) is 11.1 Å². The number of benzene rings is 7. The molecule has 0 unspecified atom stereocenters. The molecule has 0 saturated heterocycles. The van der Waals surface area contributed by atoms with E-state index in [1.54, 1.807) is 0 Å². The Morgan fingerprint density at radius 3 is 1.31 bits per heavy atom. The van der Waals surface area contributed by atoms with Gasteiger partial charge in [0.15, 0.2) is 17.5 Å². The topological polar surface area (TPSA) is 38.7 Å². The number of aromatic nitrogens is 3. The summed E-state index contributed by atoms with van der Waals surface area (Å²) in [6.45, 7) is 0. The molecule has 0 atom stereocenters. The number of fused-ring (bicyclic) bond motifs is 3. The molecule has 1 aliphatic rings. The second-order valence-corrected chi connectivity index (χ2v) is 12.4. The van der Waals surface area contributed by atoms with Crippen molar-refractivity contribution in [3.8, 4) is 78.7 Å². The minimum atomic E-state index is 0.657. The van der Waals surface area contributed by atoms with Crippen LogP contribution in [0.4, 0.5) is 0 Å². The summed E-state index contributed by atoms with van der Waals surface area (Å²) in [6.07, 6.45) is 0.867. The third-order valence-corrected chi connectivity index (χ3v) is 9.39. The Balaban J connectivity index is 1.17. The van der Waals surface area contributed by atoms with Crippen LogP contribution in [-0.2, 0) is 6.42 Å². The lowest BCUT2D eigenvalue weighted by molar-refractivity contribution is 1.07. The largest absolute Gasteiger partial charge is 0.208 e. The molecule has 7 aromatic carbocycles. The van der Waals surface area contributed by atoms with Crippen molar-refractivity contribution in [2.45, 2.75) is 6.42 Å². The van der Waals surface area contributed by atoms with Gasteiger partial charge in [-0.15, -0.1) is 0 Å². The smallest absolute Gasteiger partial charge is 0.164 e. The van der Waals surface area contributed by atoms with Gasteiger partial charge in [-0.25, -0.2) is 15.0 Å². The predicted molar refractivity (Wildman–Crippen MR) is 201 cm³/mol. The maximum absolute atomic E-state index is 5.00. The third-order valence-electron chi connectivity index (χ3n) is 9.39. The summed E-state index contributed by atoms with van der Waals surface area (Å²) in [4.78, 5) is 14.9. The summed E-state index contributed by atoms with van der Waals surface area (Å²) in [6, 6.07) is 61.8. The van der Waals surface area contributed by atoms with Crippen molar-refractivity contribution in [2.24, 2.45) is 0 Å². The fourth-order valence-corrected chi connectivity index (χ4v) is 7.02. The highest BCUT2D eigenvalue weighted by atomic mass is 15.0. The van der Waals surface area contributed by atoms with Crippen LogP contribution in [0.5, 0.6) is 0 Å². The van der Waals surface area contributed by atoms with Crippen LogP contribution < -0.4 is 0 Å². The summed E-state index contributed by atoms with van der Waals surface area (Å²) in [7, 11) is 0. The minimum Gasteiger partial charge on any atom is -0.208 e. The van der Waals surface area contributed by atoms with Gasteiger partial charge >= 0.3 is 0 Å². The summed E-state index contributed by atoms with van der Waals surface area (Å²) in [5, 5.41) is 0. The fourth-order valence-electron chi connectivity index (χ4n) is 7.02. The van der Waals surface area contributed by atoms with E-state index in [-0.39, 0.29) is 0 Å². The van der Waals surface area contributed by atoms with Crippen LogP contribution in [0, 0.1) is 0 Å². The molecule has 49 heavy (non-hydrogen) atoms. The van der Waals surface area contributed by atoms with E-state index < -0.39 is 0 Å². The highest BCUT2D eigenvalue weighted by Crippen LogP contribution is 2.47. The fraction of sp³-hybridized carbons (Fsp3) is 0.0217. The van der Waals surface area contributed by atoms with Crippen molar-refractivity contribution in [3.05, 3.63) is 187 Å². The van der Waals surface area contributed by atoms with Crippen molar-refractivity contribution < 1.29 is 0 Å². The summed E-state index contributed by atoms with van der Waals surface area (Å²) in [5.41, 5.74) is 15.6.